The maximum Gasteiger partial charge on any atom is 0.409 e. The molecule has 3 rings (SSSR count). The van der Waals surface area contributed by atoms with Crippen LogP contribution in [-0.4, -0.2) is 48.1 Å². The second kappa shape index (κ2) is 8.03. The number of hydrogen-bond donors (Lipinski definition) is 1. The summed E-state index contributed by atoms with van der Waals surface area (Å²) in [6.45, 7) is 2.98. The van der Waals surface area contributed by atoms with Gasteiger partial charge in [0.05, 0.1) is 19.2 Å². The minimum Gasteiger partial charge on any atom is -0.453 e. The molecule has 1 aliphatic rings. The fraction of sp³-hybridized carbons (Fsp3) is 0.421. The summed E-state index contributed by atoms with van der Waals surface area (Å²) >= 11 is 0. The van der Waals surface area contributed by atoms with Crippen LogP contribution in [0.5, 0.6) is 0 Å². The lowest BCUT2D eigenvalue weighted by Gasteiger charge is -2.31. The average molecular weight is 357 g/mol. The SMILES string of the molecule is COC(=O)N1CCC(NC(=O)Cc2nc(-c3ccccc3)oc2C)CC1. The van der Waals surface area contributed by atoms with Crippen molar-refractivity contribution in [1.82, 2.24) is 15.2 Å². The third-order valence-electron chi connectivity index (χ3n) is 4.53. The van der Waals surface area contributed by atoms with E-state index in [-0.39, 0.29) is 24.5 Å². The lowest BCUT2D eigenvalue weighted by molar-refractivity contribution is -0.121. The Balaban J connectivity index is 1.54. The van der Waals surface area contributed by atoms with E-state index in [4.69, 9.17) is 9.15 Å². The number of nitrogens with one attached hydrogen (secondary N) is 1. The van der Waals surface area contributed by atoms with E-state index >= 15 is 0 Å². The van der Waals surface area contributed by atoms with Crippen molar-refractivity contribution in [3.05, 3.63) is 41.8 Å². The summed E-state index contributed by atoms with van der Waals surface area (Å²) in [4.78, 5) is 30.0. The van der Waals surface area contributed by atoms with Gasteiger partial charge in [0.1, 0.15) is 5.76 Å². The molecule has 0 unspecified atom stereocenters. The molecule has 1 aromatic carbocycles. The van der Waals surface area contributed by atoms with Crippen molar-refractivity contribution in [2.24, 2.45) is 0 Å². The zero-order chi connectivity index (χ0) is 18.5. The summed E-state index contributed by atoms with van der Waals surface area (Å²) in [6, 6.07) is 9.67. The van der Waals surface area contributed by atoms with Crippen LogP contribution < -0.4 is 5.32 Å². The van der Waals surface area contributed by atoms with E-state index in [0.717, 1.165) is 5.56 Å². The Labute approximate surface area is 152 Å². The number of methoxy groups -OCH3 is 1. The molecule has 2 amide bonds. The first-order chi connectivity index (χ1) is 12.6. The minimum atomic E-state index is -0.318. The van der Waals surface area contributed by atoms with Gasteiger partial charge in [0.15, 0.2) is 0 Å². The largest absolute Gasteiger partial charge is 0.453 e. The second-order valence-electron chi connectivity index (χ2n) is 6.36. The molecule has 7 heteroatoms. The van der Waals surface area contributed by atoms with Crippen molar-refractivity contribution in [3.8, 4) is 11.5 Å². The highest BCUT2D eigenvalue weighted by molar-refractivity contribution is 5.79. The fourth-order valence-electron chi connectivity index (χ4n) is 3.06. The summed E-state index contributed by atoms with van der Waals surface area (Å²) in [7, 11) is 1.38. The monoisotopic (exact) mass is 357 g/mol. The van der Waals surface area contributed by atoms with Gasteiger partial charge in [-0.05, 0) is 31.9 Å². The van der Waals surface area contributed by atoms with Crippen molar-refractivity contribution >= 4 is 12.0 Å². The van der Waals surface area contributed by atoms with Gasteiger partial charge in [-0.2, -0.15) is 0 Å². The number of rotatable bonds is 4. The molecule has 0 saturated carbocycles. The Morgan fingerprint density at radius 2 is 1.96 bits per heavy atom. The van der Waals surface area contributed by atoms with Gasteiger partial charge >= 0.3 is 6.09 Å². The van der Waals surface area contributed by atoms with Gasteiger partial charge in [0, 0.05) is 24.7 Å². The molecule has 0 spiro atoms. The number of aromatic nitrogens is 1. The summed E-state index contributed by atoms with van der Waals surface area (Å²) in [5.41, 5.74) is 1.53. The number of carbonyl (C=O) groups is 2. The van der Waals surface area contributed by atoms with Gasteiger partial charge in [-0.1, -0.05) is 18.2 Å². The summed E-state index contributed by atoms with van der Waals surface area (Å²) < 4.78 is 10.4. The number of nitrogens with zero attached hydrogens (tertiary/aromatic N) is 2. The number of oxazole rings is 1. The van der Waals surface area contributed by atoms with Crippen LogP contribution in [0.15, 0.2) is 34.7 Å². The van der Waals surface area contributed by atoms with Crippen LogP contribution in [0.2, 0.25) is 0 Å². The Kier molecular flexibility index (Phi) is 5.55. The highest BCUT2D eigenvalue weighted by Gasteiger charge is 2.24. The first-order valence-corrected chi connectivity index (χ1v) is 8.71. The van der Waals surface area contributed by atoms with Gasteiger partial charge in [0.25, 0.3) is 0 Å². The van der Waals surface area contributed by atoms with E-state index in [2.05, 4.69) is 10.3 Å². The second-order valence-corrected chi connectivity index (χ2v) is 6.36. The molecule has 0 bridgehead atoms. The summed E-state index contributed by atoms with van der Waals surface area (Å²) in [5.74, 6) is 1.09. The molecular formula is C19H23N3O4. The number of benzene rings is 1. The Morgan fingerprint density at radius 1 is 1.27 bits per heavy atom. The minimum absolute atomic E-state index is 0.0595. The lowest BCUT2D eigenvalue weighted by atomic mass is 10.1. The first-order valence-electron chi connectivity index (χ1n) is 8.71. The van der Waals surface area contributed by atoms with E-state index in [9.17, 15) is 9.59 Å². The molecule has 1 saturated heterocycles. The molecule has 1 fully saturated rings. The van der Waals surface area contributed by atoms with Gasteiger partial charge < -0.3 is 19.4 Å². The van der Waals surface area contributed by atoms with E-state index in [0.29, 0.717) is 43.3 Å². The Bertz CT molecular complexity index is 764. The number of amides is 2. The summed E-state index contributed by atoms with van der Waals surface area (Å²) in [6.07, 6.45) is 1.29. The quantitative estimate of drug-likeness (QED) is 0.909. The molecule has 2 aromatic rings. The molecule has 2 heterocycles. The molecule has 26 heavy (non-hydrogen) atoms. The van der Waals surface area contributed by atoms with Crippen molar-refractivity contribution in [2.75, 3.05) is 20.2 Å². The predicted octanol–water partition coefficient (Wildman–Crippen LogP) is 2.54. The summed E-state index contributed by atoms with van der Waals surface area (Å²) in [5, 5.41) is 3.02. The van der Waals surface area contributed by atoms with Crippen molar-refractivity contribution < 1.29 is 18.7 Å². The topological polar surface area (TPSA) is 84.7 Å². The number of aryl methyl sites for hydroxylation is 1. The predicted molar refractivity (Wildman–Crippen MR) is 95.5 cm³/mol. The number of piperidine rings is 1. The van der Waals surface area contributed by atoms with E-state index in [1.165, 1.54) is 7.11 Å². The lowest BCUT2D eigenvalue weighted by Crippen LogP contribution is -2.46. The molecule has 138 valence electrons. The van der Waals surface area contributed by atoms with E-state index in [1.807, 2.05) is 37.3 Å². The van der Waals surface area contributed by atoms with Crippen molar-refractivity contribution in [2.45, 2.75) is 32.2 Å². The zero-order valence-corrected chi connectivity index (χ0v) is 15.0. The molecule has 1 N–H and O–H groups in total. The standard InChI is InChI=1S/C19H23N3O4/c1-13-16(21-18(26-13)14-6-4-3-5-7-14)12-17(23)20-15-8-10-22(11-9-15)19(24)25-2/h3-7,15H,8-12H2,1-2H3,(H,20,23). The molecular weight excluding hydrogens is 334 g/mol. The van der Waals surface area contributed by atoms with Crippen LogP contribution >= 0.6 is 0 Å². The van der Waals surface area contributed by atoms with Crippen LogP contribution in [0.4, 0.5) is 4.79 Å². The van der Waals surface area contributed by atoms with E-state index < -0.39 is 0 Å². The number of ether oxygens (including phenoxy) is 1. The molecule has 1 aliphatic heterocycles. The molecule has 0 aliphatic carbocycles. The maximum atomic E-state index is 12.4. The number of carbonyl (C=O) groups excluding carboxylic acids is 2. The van der Waals surface area contributed by atoms with Crippen LogP contribution in [0, 0.1) is 6.92 Å². The third-order valence-corrected chi connectivity index (χ3v) is 4.53. The van der Waals surface area contributed by atoms with Gasteiger partial charge in [-0.15, -0.1) is 0 Å². The average Bonchev–Trinajstić information content (AvgIpc) is 3.03. The highest BCUT2D eigenvalue weighted by Crippen LogP contribution is 2.21. The molecule has 0 radical (unpaired) electrons. The van der Waals surface area contributed by atoms with E-state index in [1.54, 1.807) is 4.90 Å². The van der Waals surface area contributed by atoms with Gasteiger partial charge in [-0.25, -0.2) is 9.78 Å². The maximum absolute atomic E-state index is 12.4. The third kappa shape index (κ3) is 4.22. The highest BCUT2D eigenvalue weighted by atomic mass is 16.5. The zero-order valence-electron chi connectivity index (χ0n) is 15.0. The smallest absolute Gasteiger partial charge is 0.409 e. The Morgan fingerprint density at radius 3 is 2.62 bits per heavy atom. The van der Waals surface area contributed by atoms with Crippen LogP contribution in [0.3, 0.4) is 0 Å². The van der Waals surface area contributed by atoms with Gasteiger partial charge in [-0.3, -0.25) is 4.79 Å². The van der Waals surface area contributed by atoms with Crippen molar-refractivity contribution in [1.29, 1.82) is 0 Å². The normalized spacial score (nSPS) is 14.9. The van der Waals surface area contributed by atoms with Crippen LogP contribution in [-0.2, 0) is 16.0 Å². The molecule has 7 nitrogen and oxygen atoms in total. The Hall–Kier alpha value is -2.83. The van der Waals surface area contributed by atoms with Crippen LogP contribution in [0.1, 0.15) is 24.3 Å². The number of likely N-dealkylation sites (tertiary alicyclic amines) is 1. The fourth-order valence-corrected chi connectivity index (χ4v) is 3.06. The molecule has 0 atom stereocenters. The first kappa shape index (κ1) is 18.0. The molecule has 1 aromatic heterocycles. The van der Waals surface area contributed by atoms with Crippen molar-refractivity contribution in [3.63, 3.8) is 0 Å². The van der Waals surface area contributed by atoms with Gasteiger partial charge in [0.2, 0.25) is 11.8 Å². The number of hydrogen-bond acceptors (Lipinski definition) is 5. The van der Waals surface area contributed by atoms with Crippen LogP contribution in [0.25, 0.3) is 11.5 Å².